The molecule has 3 heterocycles. The Hall–Kier alpha value is -1.69. The van der Waals surface area contributed by atoms with Crippen molar-refractivity contribution in [3.05, 3.63) is 17.8 Å². The van der Waals surface area contributed by atoms with Crippen LogP contribution in [0, 0.1) is 0 Å². The van der Waals surface area contributed by atoms with Crippen molar-refractivity contribution in [1.82, 2.24) is 9.97 Å². The minimum absolute atomic E-state index is 0.451. The predicted molar refractivity (Wildman–Crippen MR) is 65.4 cm³/mol. The van der Waals surface area contributed by atoms with Gasteiger partial charge in [0.2, 0.25) is 0 Å². The molecule has 0 radical (unpaired) electrons. The number of carbonyl (C=O) groups is 1. The summed E-state index contributed by atoms with van der Waals surface area (Å²) in [6.07, 6.45) is 3.09. The van der Waals surface area contributed by atoms with Gasteiger partial charge in [-0.25, -0.2) is 14.8 Å². The van der Waals surface area contributed by atoms with Gasteiger partial charge in [-0.05, 0) is 24.3 Å². The van der Waals surface area contributed by atoms with Crippen LogP contribution in [-0.2, 0) is 4.79 Å². The van der Waals surface area contributed by atoms with E-state index < -0.39 is 12.0 Å². The number of anilines is 1. The Bertz CT molecular complexity index is 569. The molecular formula is C11H11N3O2S. The van der Waals surface area contributed by atoms with Gasteiger partial charge in [0.05, 0.1) is 5.39 Å². The molecule has 1 N–H and O–H groups in total. The number of rotatable bonds is 2. The van der Waals surface area contributed by atoms with Crippen molar-refractivity contribution in [2.45, 2.75) is 18.9 Å². The van der Waals surface area contributed by atoms with Crippen LogP contribution in [0.2, 0.25) is 0 Å². The number of hydrogen-bond acceptors (Lipinski definition) is 5. The molecule has 1 aliphatic heterocycles. The molecule has 2 aromatic heterocycles. The number of hydrogen-bond donors (Lipinski definition) is 1. The highest BCUT2D eigenvalue weighted by Crippen LogP contribution is 2.31. The number of aliphatic carboxylic acids is 1. The van der Waals surface area contributed by atoms with Crippen LogP contribution >= 0.6 is 11.3 Å². The fourth-order valence-electron chi connectivity index (χ4n) is 2.28. The fraction of sp³-hybridized carbons (Fsp3) is 0.364. The lowest BCUT2D eigenvalue weighted by molar-refractivity contribution is -0.138. The van der Waals surface area contributed by atoms with Crippen molar-refractivity contribution in [2.24, 2.45) is 0 Å². The zero-order valence-electron chi connectivity index (χ0n) is 9.04. The normalized spacial score (nSPS) is 20.0. The van der Waals surface area contributed by atoms with E-state index in [-0.39, 0.29) is 0 Å². The number of nitrogens with zero attached hydrogens (tertiary/aromatic N) is 3. The third-order valence-electron chi connectivity index (χ3n) is 3.05. The Balaban J connectivity index is 2.08. The Morgan fingerprint density at radius 3 is 3.24 bits per heavy atom. The first-order valence-corrected chi connectivity index (χ1v) is 6.33. The monoisotopic (exact) mass is 249 g/mol. The average molecular weight is 249 g/mol. The second kappa shape index (κ2) is 3.96. The largest absolute Gasteiger partial charge is 0.480 e. The molecule has 0 bridgehead atoms. The third-order valence-corrected chi connectivity index (χ3v) is 3.87. The summed E-state index contributed by atoms with van der Waals surface area (Å²) in [6, 6.07) is 1.50. The van der Waals surface area contributed by atoms with Gasteiger partial charge >= 0.3 is 5.97 Å². The van der Waals surface area contributed by atoms with Gasteiger partial charge in [-0.1, -0.05) is 0 Å². The van der Waals surface area contributed by atoms with Crippen LogP contribution < -0.4 is 4.90 Å². The maximum absolute atomic E-state index is 11.2. The Labute approximate surface area is 102 Å². The first kappa shape index (κ1) is 10.5. The lowest BCUT2D eigenvalue weighted by Gasteiger charge is -2.22. The van der Waals surface area contributed by atoms with E-state index in [0.29, 0.717) is 6.42 Å². The van der Waals surface area contributed by atoms with E-state index >= 15 is 0 Å². The standard InChI is InChI=1S/C11H11N3O2S/c15-11(16)8-2-1-4-14(8)9-7-3-5-17-10(7)13-6-12-9/h3,5-6,8H,1-2,4H2,(H,15,16)/t8-/m0/s1. The fourth-order valence-corrected chi connectivity index (χ4v) is 3.01. The Morgan fingerprint density at radius 2 is 2.41 bits per heavy atom. The molecule has 5 nitrogen and oxygen atoms in total. The lowest BCUT2D eigenvalue weighted by atomic mass is 10.2. The molecule has 1 saturated heterocycles. The van der Waals surface area contributed by atoms with Crippen LogP contribution in [0.25, 0.3) is 10.2 Å². The first-order chi connectivity index (χ1) is 8.27. The molecule has 3 rings (SSSR count). The van der Waals surface area contributed by atoms with Gasteiger partial charge < -0.3 is 10.0 Å². The average Bonchev–Trinajstić information content (AvgIpc) is 2.97. The molecule has 0 saturated carbocycles. The minimum atomic E-state index is -0.774. The van der Waals surface area contributed by atoms with Crippen LogP contribution in [-0.4, -0.2) is 33.6 Å². The highest BCUT2D eigenvalue weighted by molar-refractivity contribution is 7.16. The topological polar surface area (TPSA) is 66.3 Å². The summed E-state index contributed by atoms with van der Waals surface area (Å²) in [5.41, 5.74) is 0. The highest BCUT2D eigenvalue weighted by atomic mass is 32.1. The molecule has 88 valence electrons. The van der Waals surface area contributed by atoms with Crippen molar-refractivity contribution in [3.8, 4) is 0 Å². The molecule has 0 aliphatic carbocycles. The van der Waals surface area contributed by atoms with E-state index in [9.17, 15) is 9.90 Å². The zero-order chi connectivity index (χ0) is 11.8. The molecule has 1 fully saturated rings. The SMILES string of the molecule is O=C(O)[C@@H]1CCCN1c1ncnc2sccc12. The molecular weight excluding hydrogens is 238 g/mol. The summed E-state index contributed by atoms with van der Waals surface area (Å²) in [5.74, 6) is -0.0226. The van der Waals surface area contributed by atoms with Crippen LogP contribution in [0.3, 0.4) is 0 Å². The molecule has 0 amide bonds. The lowest BCUT2D eigenvalue weighted by Crippen LogP contribution is -2.36. The van der Waals surface area contributed by atoms with E-state index in [0.717, 1.165) is 29.0 Å². The van der Waals surface area contributed by atoms with Gasteiger partial charge in [0, 0.05) is 6.54 Å². The molecule has 17 heavy (non-hydrogen) atoms. The van der Waals surface area contributed by atoms with Crippen molar-refractivity contribution >= 4 is 33.3 Å². The highest BCUT2D eigenvalue weighted by Gasteiger charge is 2.32. The summed E-state index contributed by atoms with van der Waals surface area (Å²) in [6.45, 7) is 0.749. The summed E-state index contributed by atoms with van der Waals surface area (Å²) >= 11 is 1.54. The summed E-state index contributed by atoms with van der Waals surface area (Å²) in [4.78, 5) is 22.4. The third kappa shape index (κ3) is 1.64. The van der Waals surface area contributed by atoms with Crippen LogP contribution in [0.5, 0.6) is 0 Å². The van der Waals surface area contributed by atoms with Crippen molar-refractivity contribution in [2.75, 3.05) is 11.4 Å². The van der Waals surface area contributed by atoms with Gasteiger partial charge in [0.15, 0.2) is 0 Å². The smallest absolute Gasteiger partial charge is 0.326 e. The predicted octanol–water partition coefficient (Wildman–Crippen LogP) is 1.74. The number of carboxylic acid groups (broad SMARTS) is 1. The van der Waals surface area contributed by atoms with E-state index in [1.54, 1.807) is 11.3 Å². The van der Waals surface area contributed by atoms with Gasteiger partial charge in [-0.15, -0.1) is 11.3 Å². The minimum Gasteiger partial charge on any atom is -0.480 e. The molecule has 2 aromatic rings. The maximum atomic E-state index is 11.2. The van der Waals surface area contributed by atoms with Gasteiger partial charge in [0.1, 0.15) is 23.0 Å². The van der Waals surface area contributed by atoms with Crippen molar-refractivity contribution in [3.63, 3.8) is 0 Å². The van der Waals surface area contributed by atoms with E-state index in [2.05, 4.69) is 9.97 Å². The number of fused-ring (bicyclic) bond motifs is 1. The van der Waals surface area contributed by atoms with Gasteiger partial charge in [0.25, 0.3) is 0 Å². The second-order valence-corrected chi connectivity index (χ2v) is 4.92. The first-order valence-electron chi connectivity index (χ1n) is 5.45. The summed E-state index contributed by atoms with van der Waals surface area (Å²) in [5, 5.41) is 12.1. The summed E-state index contributed by atoms with van der Waals surface area (Å²) in [7, 11) is 0. The molecule has 0 spiro atoms. The van der Waals surface area contributed by atoms with Crippen LogP contribution in [0.15, 0.2) is 17.8 Å². The number of aromatic nitrogens is 2. The van der Waals surface area contributed by atoms with Crippen LogP contribution in [0.1, 0.15) is 12.8 Å². The number of thiophene rings is 1. The molecule has 1 aliphatic rings. The Kier molecular flexibility index (Phi) is 2.44. The van der Waals surface area contributed by atoms with Crippen molar-refractivity contribution in [1.29, 1.82) is 0 Å². The zero-order valence-corrected chi connectivity index (χ0v) is 9.85. The number of carboxylic acids is 1. The van der Waals surface area contributed by atoms with Crippen LogP contribution in [0.4, 0.5) is 5.82 Å². The summed E-state index contributed by atoms with van der Waals surface area (Å²) < 4.78 is 0. The molecule has 6 heteroatoms. The quantitative estimate of drug-likeness (QED) is 0.878. The van der Waals surface area contributed by atoms with E-state index in [4.69, 9.17) is 0 Å². The van der Waals surface area contributed by atoms with Crippen molar-refractivity contribution < 1.29 is 9.90 Å². The molecule has 0 unspecified atom stereocenters. The Morgan fingerprint density at radius 1 is 1.53 bits per heavy atom. The van der Waals surface area contributed by atoms with E-state index in [1.807, 2.05) is 16.3 Å². The molecule has 0 aromatic carbocycles. The van der Waals surface area contributed by atoms with Gasteiger partial charge in [-0.2, -0.15) is 0 Å². The molecule has 1 atom stereocenters. The van der Waals surface area contributed by atoms with Gasteiger partial charge in [-0.3, -0.25) is 0 Å². The van der Waals surface area contributed by atoms with E-state index in [1.165, 1.54) is 6.33 Å². The maximum Gasteiger partial charge on any atom is 0.326 e. The second-order valence-electron chi connectivity index (χ2n) is 4.03.